The van der Waals surface area contributed by atoms with Crippen molar-refractivity contribution >= 4 is 41.2 Å². The molecule has 0 heterocycles. The molecule has 2 atom stereocenters. The van der Waals surface area contributed by atoms with Crippen LogP contribution in [0.25, 0.3) is 0 Å². The van der Waals surface area contributed by atoms with E-state index in [9.17, 15) is 9.59 Å². The van der Waals surface area contributed by atoms with Gasteiger partial charge >= 0.3 is 0 Å². The number of nitrogens with zero attached hydrogens (tertiary/aromatic N) is 1. The Kier molecular flexibility index (Phi) is 10.5. The highest BCUT2D eigenvalue weighted by atomic mass is 35.5. The van der Waals surface area contributed by atoms with Crippen LogP contribution in [0.2, 0.25) is 10.0 Å². The number of rotatable bonds is 11. The van der Waals surface area contributed by atoms with Gasteiger partial charge in [0.05, 0.1) is 25.5 Å². The molecule has 0 saturated heterocycles. The molecule has 0 saturated carbocycles. The van der Waals surface area contributed by atoms with E-state index >= 15 is 0 Å². The van der Waals surface area contributed by atoms with E-state index in [2.05, 4.69) is 15.8 Å². The van der Waals surface area contributed by atoms with Crippen molar-refractivity contribution in [3.8, 4) is 17.2 Å². The van der Waals surface area contributed by atoms with Crippen LogP contribution >= 0.6 is 23.2 Å². The molecule has 2 aromatic carbocycles. The lowest BCUT2D eigenvalue weighted by Gasteiger charge is -2.22. The number of benzene rings is 2. The van der Waals surface area contributed by atoms with Crippen molar-refractivity contribution in [3.63, 3.8) is 0 Å². The standard InChI is InChI=1S/C24H29Cl2N3O5/c1-14(2)10-20(28-23(30)15(3)34-21-9-7-17(25)11-19(21)26)24(31)29-27-13-16-6-8-18(32-4)12-22(16)33-5/h6-9,11-15,20H,10H2,1-5H3,(H,28,30)(H,29,31)/b27-13-/t15-,20+/m0/s1. The van der Waals surface area contributed by atoms with Gasteiger partial charge < -0.3 is 19.5 Å². The quantitative estimate of drug-likeness (QED) is 0.344. The van der Waals surface area contributed by atoms with Crippen LogP contribution in [0, 0.1) is 5.92 Å². The Morgan fingerprint density at radius 1 is 1.00 bits per heavy atom. The number of hydrogen-bond acceptors (Lipinski definition) is 6. The fourth-order valence-electron chi connectivity index (χ4n) is 2.98. The largest absolute Gasteiger partial charge is 0.497 e. The first kappa shape index (κ1) is 27.3. The van der Waals surface area contributed by atoms with Gasteiger partial charge in [0.1, 0.15) is 23.3 Å². The molecule has 2 aromatic rings. The zero-order valence-electron chi connectivity index (χ0n) is 19.7. The summed E-state index contributed by atoms with van der Waals surface area (Å²) in [4.78, 5) is 25.5. The molecule has 2 rings (SSSR count). The number of hydrazone groups is 1. The normalized spacial score (nSPS) is 12.8. The minimum absolute atomic E-state index is 0.142. The summed E-state index contributed by atoms with van der Waals surface area (Å²) in [7, 11) is 3.08. The van der Waals surface area contributed by atoms with Crippen LogP contribution in [0.15, 0.2) is 41.5 Å². The highest BCUT2D eigenvalue weighted by Crippen LogP contribution is 2.28. The lowest BCUT2D eigenvalue weighted by atomic mass is 10.0. The van der Waals surface area contributed by atoms with Gasteiger partial charge in [-0.25, -0.2) is 5.43 Å². The van der Waals surface area contributed by atoms with Crippen molar-refractivity contribution in [1.82, 2.24) is 10.7 Å². The van der Waals surface area contributed by atoms with Gasteiger partial charge in [0, 0.05) is 16.7 Å². The van der Waals surface area contributed by atoms with E-state index in [4.69, 9.17) is 37.4 Å². The Bertz CT molecular complexity index is 1030. The monoisotopic (exact) mass is 509 g/mol. The molecular weight excluding hydrogens is 481 g/mol. The maximum atomic E-state index is 12.8. The molecular formula is C24H29Cl2N3O5. The molecule has 0 aromatic heterocycles. The lowest BCUT2D eigenvalue weighted by Crippen LogP contribution is -2.49. The first-order chi connectivity index (χ1) is 16.1. The molecule has 0 radical (unpaired) electrons. The minimum atomic E-state index is -0.895. The lowest BCUT2D eigenvalue weighted by molar-refractivity contribution is -0.132. The third-order valence-electron chi connectivity index (χ3n) is 4.73. The van der Waals surface area contributed by atoms with Crippen molar-refractivity contribution in [2.75, 3.05) is 14.2 Å². The van der Waals surface area contributed by atoms with E-state index in [0.717, 1.165) is 0 Å². The second kappa shape index (κ2) is 13.1. The zero-order chi connectivity index (χ0) is 25.3. The molecule has 10 heteroatoms. The molecule has 184 valence electrons. The third kappa shape index (κ3) is 8.11. The fourth-order valence-corrected chi connectivity index (χ4v) is 3.43. The van der Waals surface area contributed by atoms with Gasteiger partial charge in [0.2, 0.25) is 0 Å². The summed E-state index contributed by atoms with van der Waals surface area (Å²) in [5, 5.41) is 7.48. The van der Waals surface area contributed by atoms with Crippen LogP contribution in [0.3, 0.4) is 0 Å². The number of halogens is 2. The van der Waals surface area contributed by atoms with Crippen molar-refractivity contribution in [2.45, 2.75) is 39.3 Å². The summed E-state index contributed by atoms with van der Waals surface area (Å²) in [6, 6.07) is 9.11. The average molecular weight is 510 g/mol. The molecule has 34 heavy (non-hydrogen) atoms. The smallest absolute Gasteiger partial charge is 0.262 e. The molecule has 2 amide bonds. The first-order valence-electron chi connectivity index (χ1n) is 10.6. The van der Waals surface area contributed by atoms with Gasteiger partial charge in [-0.05, 0) is 49.6 Å². The van der Waals surface area contributed by atoms with E-state index in [1.54, 1.807) is 44.4 Å². The predicted molar refractivity (Wildman–Crippen MR) is 133 cm³/mol. The highest BCUT2D eigenvalue weighted by molar-refractivity contribution is 6.35. The Balaban J connectivity index is 2.04. The Labute approximate surface area is 209 Å². The van der Waals surface area contributed by atoms with E-state index in [-0.39, 0.29) is 10.9 Å². The van der Waals surface area contributed by atoms with Crippen LogP contribution in [0.5, 0.6) is 17.2 Å². The molecule has 8 nitrogen and oxygen atoms in total. The molecule has 0 spiro atoms. The summed E-state index contributed by atoms with van der Waals surface area (Å²) >= 11 is 12.0. The number of methoxy groups -OCH3 is 2. The predicted octanol–water partition coefficient (Wildman–Crippen LogP) is 4.46. The molecule has 0 fully saturated rings. The summed E-state index contributed by atoms with van der Waals surface area (Å²) < 4.78 is 16.1. The Morgan fingerprint density at radius 2 is 1.74 bits per heavy atom. The second-order valence-electron chi connectivity index (χ2n) is 7.87. The summed E-state index contributed by atoms with van der Waals surface area (Å²) in [5.74, 6) is 0.709. The number of carbonyl (C=O) groups is 2. The Morgan fingerprint density at radius 3 is 2.35 bits per heavy atom. The van der Waals surface area contributed by atoms with Crippen LogP contribution in [0.4, 0.5) is 0 Å². The van der Waals surface area contributed by atoms with Crippen LogP contribution in [-0.2, 0) is 9.59 Å². The van der Waals surface area contributed by atoms with Crippen LogP contribution < -0.4 is 25.0 Å². The molecule has 0 aliphatic rings. The first-order valence-corrected chi connectivity index (χ1v) is 11.4. The molecule has 0 unspecified atom stereocenters. The van der Waals surface area contributed by atoms with Gasteiger partial charge in [-0.15, -0.1) is 0 Å². The summed E-state index contributed by atoms with van der Waals surface area (Å²) in [5.41, 5.74) is 3.13. The van der Waals surface area contributed by atoms with Crippen molar-refractivity contribution in [3.05, 3.63) is 52.0 Å². The van der Waals surface area contributed by atoms with Crippen LogP contribution in [-0.4, -0.2) is 44.4 Å². The SMILES string of the molecule is COc1ccc(/C=N\NC(=O)[C@@H](CC(C)C)NC(=O)[C@H](C)Oc2ccc(Cl)cc2Cl)c(OC)c1. The topological polar surface area (TPSA) is 98.2 Å². The van der Waals surface area contributed by atoms with E-state index in [1.807, 2.05) is 13.8 Å². The number of ether oxygens (including phenoxy) is 3. The minimum Gasteiger partial charge on any atom is -0.497 e. The van der Waals surface area contributed by atoms with Gasteiger partial charge in [0.25, 0.3) is 11.8 Å². The Hall–Kier alpha value is -2.97. The van der Waals surface area contributed by atoms with Crippen molar-refractivity contribution in [2.24, 2.45) is 11.0 Å². The average Bonchev–Trinajstić information content (AvgIpc) is 2.79. The second-order valence-corrected chi connectivity index (χ2v) is 8.71. The van der Waals surface area contributed by atoms with Gasteiger partial charge in [0.15, 0.2) is 6.10 Å². The third-order valence-corrected chi connectivity index (χ3v) is 5.26. The summed E-state index contributed by atoms with van der Waals surface area (Å²) in [6.07, 6.45) is 0.972. The van der Waals surface area contributed by atoms with E-state index < -0.39 is 24.0 Å². The van der Waals surface area contributed by atoms with Gasteiger partial charge in [-0.2, -0.15) is 5.10 Å². The number of hydrogen-bond donors (Lipinski definition) is 2. The maximum absolute atomic E-state index is 12.8. The fraction of sp³-hybridized carbons (Fsp3) is 0.375. The maximum Gasteiger partial charge on any atom is 0.262 e. The van der Waals surface area contributed by atoms with Crippen molar-refractivity contribution < 1.29 is 23.8 Å². The number of amides is 2. The number of carbonyl (C=O) groups excluding carboxylic acids is 2. The van der Waals surface area contributed by atoms with Crippen molar-refractivity contribution in [1.29, 1.82) is 0 Å². The molecule has 2 N–H and O–H groups in total. The highest BCUT2D eigenvalue weighted by Gasteiger charge is 2.25. The van der Waals surface area contributed by atoms with Crippen LogP contribution in [0.1, 0.15) is 32.8 Å². The van der Waals surface area contributed by atoms with E-state index in [0.29, 0.717) is 34.3 Å². The molecule has 0 bridgehead atoms. The molecule has 0 aliphatic carbocycles. The molecule has 0 aliphatic heterocycles. The zero-order valence-corrected chi connectivity index (χ0v) is 21.2. The van der Waals surface area contributed by atoms with Gasteiger partial charge in [-0.3, -0.25) is 9.59 Å². The summed E-state index contributed by atoms with van der Waals surface area (Å²) in [6.45, 7) is 5.47. The number of nitrogens with one attached hydrogen (secondary N) is 2. The van der Waals surface area contributed by atoms with Gasteiger partial charge in [-0.1, -0.05) is 37.0 Å². The van der Waals surface area contributed by atoms with E-state index in [1.165, 1.54) is 19.4 Å².